The maximum atomic E-state index is 14.0. The molecule has 0 saturated carbocycles. The standard InChI is InChI=1S/C22H27FN2O6/c23-19-8-6-9-20(25(30)31)18(19)15-17(26)13-12-16-7-5-10-21(27)24(16)14-4-2-1-3-11-22(28)29/h2,4,6,8-9,12-13,16-17,26H,1,3,5,7,10-11,14-15H2,(H,28,29)/t16-,17?/m1/s1. The SMILES string of the molecule is O=C(O)CCCC=CCN1C(=O)CCC[C@@H]1C=CC(O)Cc1c(F)cccc1[N+](=O)[O-]. The molecule has 1 aromatic carbocycles. The minimum Gasteiger partial charge on any atom is -0.481 e. The predicted octanol–water partition coefficient (Wildman–Crippen LogP) is 3.39. The van der Waals surface area contributed by atoms with E-state index in [2.05, 4.69) is 0 Å². The average Bonchev–Trinajstić information content (AvgIpc) is 2.71. The van der Waals surface area contributed by atoms with E-state index in [1.807, 2.05) is 12.2 Å². The van der Waals surface area contributed by atoms with Crippen molar-refractivity contribution in [2.45, 2.75) is 57.1 Å². The summed E-state index contributed by atoms with van der Waals surface area (Å²) in [5.41, 5.74) is -0.541. The van der Waals surface area contributed by atoms with Crippen molar-refractivity contribution in [3.63, 3.8) is 0 Å². The number of benzene rings is 1. The van der Waals surface area contributed by atoms with E-state index < -0.39 is 22.8 Å². The van der Waals surface area contributed by atoms with Gasteiger partial charge in [-0.15, -0.1) is 0 Å². The normalized spacial score (nSPS) is 18.1. The van der Waals surface area contributed by atoms with Crippen LogP contribution in [0, 0.1) is 15.9 Å². The highest BCUT2D eigenvalue weighted by Gasteiger charge is 2.26. The summed E-state index contributed by atoms with van der Waals surface area (Å²) in [5.74, 6) is -1.61. The molecular formula is C22H27FN2O6. The summed E-state index contributed by atoms with van der Waals surface area (Å²) >= 11 is 0. The highest BCUT2D eigenvalue weighted by atomic mass is 19.1. The molecule has 1 heterocycles. The van der Waals surface area contributed by atoms with Crippen LogP contribution >= 0.6 is 0 Å². The van der Waals surface area contributed by atoms with Crippen molar-refractivity contribution in [2.24, 2.45) is 0 Å². The van der Waals surface area contributed by atoms with Gasteiger partial charge in [-0.2, -0.15) is 0 Å². The number of piperidine rings is 1. The molecule has 0 aliphatic carbocycles. The van der Waals surface area contributed by atoms with E-state index >= 15 is 0 Å². The lowest BCUT2D eigenvalue weighted by molar-refractivity contribution is -0.385. The second-order valence-corrected chi connectivity index (χ2v) is 7.41. The van der Waals surface area contributed by atoms with E-state index in [4.69, 9.17) is 5.11 Å². The molecule has 8 nitrogen and oxygen atoms in total. The molecule has 2 atom stereocenters. The number of hydrogen-bond acceptors (Lipinski definition) is 5. The maximum absolute atomic E-state index is 14.0. The Balaban J connectivity index is 1.98. The lowest BCUT2D eigenvalue weighted by Gasteiger charge is -2.33. The third-order valence-electron chi connectivity index (χ3n) is 5.10. The number of likely N-dealkylation sites (tertiary alicyclic amines) is 1. The largest absolute Gasteiger partial charge is 0.481 e. The van der Waals surface area contributed by atoms with Gasteiger partial charge >= 0.3 is 5.97 Å². The molecule has 31 heavy (non-hydrogen) atoms. The number of halogens is 1. The van der Waals surface area contributed by atoms with Gasteiger partial charge in [-0.1, -0.05) is 30.4 Å². The fraction of sp³-hybridized carbons (Fsp3) is 0.455. The van der Waals surface area contributed by atoms with Crippen LogP contribution in [0.3, 0.4) is 0 Å². The minimum absolute atomic E-state index is 0.0182. The van der Waals surface area contributed by atoms with E-state index in [9.17, 15) is 29.2 Å². The molecule has 1 amide bonds. The van der Waals surface area contributed by atoms with Crippen molar-refractivity contribution in [1.82, 2.24) is 4.90 Å². The molecular weight excluding hydrogens is 407 g/mol. The zero-order valence-corrected chi connectivity index (χ0v) is 17.2. The summed E-state index contributed by atoms with van der Waals surface area (Å²) in [6.07, 6.45) is 8.50. The van der Waals surface area contributed by atoms with Crippen molar-refractivity contribution in [3.05, 3.63) is 64.0 Å². The topological polar surface area (TPSA) is 121 Å². The van der Waals surface area contributed by atoms with Gasteiger partial charge in [0.05, 0.1) is 22.6 Å². The van der Waals surface area contributed by atoms with Crippen molar-refractivity contribution >= 4 is 17.6 Å². The number of aliphatic hydroxyl groups excluding tert-OH is 1. The third-order valence-corrected chi connectivity index (χ3v) is 5.10. The number of carboxylic acids is 1. The van der Waals surface area contributed by atoms with E-state index in [0.717, 1.165) is 6.07 Å². The van der Waals surface area contributed by atoms with Gasteiger partial charge in [-0.3, -0.25) is 19.7 Å². The Labute approximate surface area is 179 Å². The van der Waals surface area contributed by atoms with E-state index in [1.54, 1.807) is 11.0 Å². The Morgan fingerprint density at radius 2 is 2.16 bits per heavy atom. The molecule has 1 aromatic rings. The van der Waals surface area contributed by atoms with Crippen LogP contribution in [0.4, 0.5) is 10.1 Å². The Morgan fingerprint density at radius 1 is 1.39 bits per heavy atom. The number of carbonyl (C=O) groups is 2. The molecule has 2 N–H and O–H groups in total. The van der Waals surface area contributed by atoms with Gasteiger partial charge in [0.15, 0.2) is 0 Å². The first-order valence-electron chi connectivity index (χ1n) is 10.2. The monoisotopic (exact) mass is 434 g/mol. The molecule has 0 aromatic heterocycles. The van der Waals surface area contributed by atoms with E-state index in [0.29, 0.717) is 38.6 Å². The first kappa shape index (κ1) is 24.2. The molecule has 1 fully saturated rings. The number of carboxylic acid groups (broad SMARTS) is 1. The molecule has 9 heteroatoms. The van der Waals surface area contributed by atoms with Gasteiger partial charge in [-0.25, -0.2) is 4.39 Å². The second kappa shape index (κ2) is 11.9. The average molecular weight is 434 g/mol. The first-order valence-corrected chi connectivity index (χ1v) is 10.2. The summed E-state index contributed by atoms with van der Waals surface area (Å²) < 4.78 is 14.0. The van der Waals surface area contributed by atoms with E-state index in [-0.39, 0.29) is 36.0 Å². The number of rotatable bonds is 11. The molecule has 0 spiro atoms. The van der Waals surface area contributed by atoms with Gasteiger partial charge in [0, 0.05) is 31.9 Å². The summed E-state index contributed by atoms with van der Waals surface area (Å²) in [6.45, 7) is 0.371. The summed E-state index contributed by atoms with van der Waals surface area (Å²) in [4.78, 5) is 34.9. The van der Waals surface area contributed by atoms with E-state index in [1.165, 1.54) is 18.2 Å². The second-order valence-electron chi connectivity index (χ2n) is 7.41. The highest BCUT2D eigenvalue weighted by Crippen LogP contribution is 2.24. The molecule has 1 unspecified atom stereocenters. The number of nitro benzene ring substituents is 1. The Bertz CT molecular complexity index is 854. The van der Waals surface area contributed by atoms with Crippen LogP contribution in [0.2, 0.25) is 0 Å². The van der Waals surface area contributed by atoms with Crippen LogP contribution in [-0.2, 0) is 16.0 Å². The minimum atomic E-state index is -1.14. The van der Waals surface area contributed by atoms with Crippen molar-refractivity contribution in [2.75, 3.05) is 6.54 Å². The highest BCUT2D eigenvalue weighted by molar-refractivity contribution is 5.77. The zero-order chi connectivity index (χ0) is 22.8. The third kappa shape index (κ3) is 7.60. The molecule has 0 bridgehead atoms. The summed E-state index contributed by atoms with van der Waals surface area (Å²) in [5, 5.41) is 30.0. The van der Waals surface area contributed by atoms with Crippen LogP contribution in [-0.4, -0.2) is 50.6 Å². The Hall–Kier alpha value is -3.07. The zero-order valence-electron chi connectivity index (χ0n) is 17.2. The number of carbonyl (C=O) groups excluding carboxylic acids is 1. The van der Waals surface area contributed by atoms with Crippen LogP contribution in [0.5, 0.6) is 0 Å². The molecule has 2 rings (SSSR count). The number of aliphatic carboxylic acids is 1. The summed E-state index contributed by atoms with van der Waals surface area (Å²) in [7, 11) is 0. The Kier molecular flexibility index (Phi) is 9.33. The Morgan fingerprint density at radius 3 is 2.87 bits per heavy atom. The number of nitro groups is 1. The van der Waals surface area contributed by atoms with Crippen LogP contribution in [0.15, 0.2) is 42.5 Å². The molecule has 1 saturated heterocycles. The molecule has 1 aliphatic rings. The van der Waals surface area contributed by atoms with Gasteiger partial charge in [0.1, 0.15) is 5.82 Å². The van der Waals surface area contributed by atoms with Gasteiger partial charge in [-0.05, 0) is 31.7 Å². The molecule has 168 valence electrons. The van der Waals surface area contributed by atoms with Crippen LogP contribution in [0.1, 0.15) is 44.1 Å². The fourth-order valence-corrected chi connectivity index (χ4v) is 3.52. The lowest BCUT2D eigenvalue weighted by Crippen LogP contribution is -2.42. The van der Waals surface area contributed by atoms with Gasteiger partial charge < -0.3 is 15.1 Å². The number of hydrogen-bond donors (Lipinski definition) is 2. The van der Waals surface area contributed by atoms with Gasteiger partial charge in [0.25, 0.3) is 5.69 Å². The first-order chi connectivity index (χ1) is 14.8. The summed E-state index contributed by atoms with van der Waals surface area (Å²) in [6, 6.07) is 3.32. The van der Waals surface area contributed by atoms with Crippen molar-refractivity contribution in [1.29, 1.82) is 0 Å². The number of nitrogens with zero attached hydrogens (tertiary/aromatic N) is 2. The number of amides is 1. The molecule has 1 aliphatic heterocycles. The van der Waals surface area contributed by atoms with Crippen molar-refractivity contribution < 1.29 is 29.1 Å². The van der Waals surface area contributed by atoms with Crippen LogP contribution in [0.25, 0.3) is 0 Å². The number of unbranched alkanes of at least 4 members (excludes halogenated alkanes) is 1. The predicted molar refractivity (Wildman–Crippen MR) is 112 cm³/mol. The number of aliphatic hydroxyl groups is 1. The van der Waals surface area contributed by atoms with Crippen LogP contribution < -0.4 is 0 Å². The molecule has 0 radical (unpaired) electrons. The van der Waals surface area contributed by atoms with Gasteiger partial charge in [0.2, 0.25) is 5.91 Å². The maximum Gasteiger partial charge on any atom is 0.303 e. The lowest BCUT2D eigenvalue weighted by atomic mass is 9.99. The fourth-order valence-electron chi connectivity index (χ4n) is 3.52. The number of allylic oxidation sites excluding steroid dienone is 1. The quantitative estimate of drug-likeness (QED) is 0.238. The smallest absolute Gasteiger partial charge is 0.303 e. The van der Waals surface area contributed by atoms with Crippen molar-refractivity contribution in [3.8, 4) is 0 Å².